The van der Waals surface area contributed by atoms with Crippen molar-refractivity contribution in [2.45, 2.75) is 325 Å². The molecular formula is C83H144N28O19. The van der Waals surface area contributed by atoms with Crippen LogP contribution in [0, 0.1) is 23.7 Å². The molecule has 0 aliphatic heterocycles. The first-order chi connectivity index (χ1) is 61.3. The van der Waals surface area contributed by atoms with Gasteiger partial charge >= 0.3 is 0 Å². The quantitative estimate of drug-likeness (QED) is 0.0164. The number of nitrogens with one attached hydrogen (secondary N) is 14. The van der Waals surface area contributed by atoms with Crippen LogP contribution in [0.1, 0.15) is 234 Å². The van der Waals surface area contributed by atoms with E-state index in [-0.39, 0.29) is 126 Å². The van der Waals surface area contributed by atoms with E-state index in [0.29, 0.717) is 31.4 Å². The Morgan fingerprint density at radius 1 is 0.454 bits per heavy atom. The van der Waals surface area contributed by atoms with Crippen molar-refractivity contribution in [1.82, 2.24) is 84.0 Å². The second-order valence-corrected chi connectivity index (χ2v) is 35.0. The molecule has 0 spiro atoms. The lowest BCUT2D eigenvalue weighted by molar-refractivity contribution is -0.142. The first kappa shape index (κ1) is 110. The van der Waals surface area contributed by atoms with Crippen LogP contribution >= 0.6 is 0 Å². The Morgan fingerprint density at radius 2 is 0.823 bits per heavy atom. The summed E-state index contributed by atoms with van der Waals surface area (Å²) in [6, 6.07) is -19.6. The van der Waals surface area contributed by atoms with Crippen molar-refractivity contribution in [3.05, 3.63) is 18.2 Å². The van der Waals surface area contributed by atoms with Crippen molar-refractivity contribution in [2.75, 3.05) is 33.3 Å². The van der Waals surface area contributed by atoms with Crippen LogP contribution in [0.5, 0.6) is 0 Å². The van der Waals surface area contributed by atoms with E-state index in [1.54, 1.807) is 13.8 Å². The standard InChI is InChI=1S/C83H144N28O19/c1-44(2)35-57(76(127)110-83(6,7)79(130)109-65(46(4)113)77(128)102-54(29-20-34-96-82(91)92)68(119)101-55(30-31-63(84)115)71(122)100-53(28-19-33-95-81(89)90)69(120)103-56(66(86)117)36-48-21-12-9-13-22-48)104-75(126)61(40-64(85)116)108-73(124)59(38-50-25-16-11-17-26-50)105-72(123)58(37-49-23-14-10-15-24-49)106-74(125)60(39-51-41-93-43-97-51)107-70(121)52(27-18-32-94-80(87)88)99-67(118)45(3)111(8)78(129)62(42-112)98-47(5)114/h41,43-46,48-50,52-62,65,112-113H,9-40,42H2,1-8H3,(H2,84,115)(H2,85,116)(H2,86,117)(H,93,97)(H,98,114)(H,99,118)(H,100,122)(H,101,119)(H,102,128)(H,103,120)(H,104,126)(H,105,123)(H,106,125)(H,107,121)(H,108,124)(H,109,130)(H,110,127)(H4,87,88,94)(H4,89,90,95)(H4,91,92,96)/t45-,46-,52+,53+,54+,55+,56?,57+,58?,59?,60+,61+,62+,65+/m1/s1. The predicted octanol–water partition coefficient (Wildman–Crippen LogP) is -6.35. The number of likely N-dealkylation sites (N-methyl/N-ethyl adjacent to an activating group) is 1. The molecule has 14 atom stereocenters. The Balaban J connectivity index is 1.64. The van der Waals surface area contributed by atoms with Gasteiger partial charge in [0, 0.05) is 58.3 Å². The Hall–Kier alpha value is -12.1. The molecule has 1 aromatic heterocycles. The molecule has 3 unspecified atom stereocenters. The molecule has 3 fully saturated rings. The van der Waals surface area contributed by atoms with Gasteiger partial charge in [-0.1, -0.05) is 110 Å². The van der Waals surface area contributed by atoms with Crippen LogP contribution in [0.15, 0.2) is 27.5 Å². The lowest BCUT2D eigenvalue weighted by atomic mass is 9.83. The molecule has 17 amide bonds. The highest BCUT2D eigenvalue weighted by Crippen LogP contribution is 2.31. The molecule has 4 rings (SSSR count). The third-order valence-corrected chi connectivity index (χ3v) is 23.1. The molecule has 1 heterocycles. The van der Waals surface area contributed by atoms with E-state index in [1.165, 1.54) is 40.3 Å². The van der Waals surface area contributed by atoms with E-state index in [2.05, 4.69) is 94.1 Å². The number of guanidine groups is 3. The van der Waals surface area contributed by atoms with E-state index < -0.39 is 222 Å². The molecule has 130 heavy (non-hydrogen) atoms. The van der Waals surface area contributed by atoms with Gasteiger partial charge in [0.2, 0.25) is 100 Å². The van der Waals surface area contributed by atoms with Crippen LogP contribution < -0.4 is 121 Å². The Morgan fingerprint density at radius 3 is 1.21 bits per heavy atom. The van der Waals surface area contributed by atoms with Crippen LogP contribution in [0.3, 0.4) is 0 Å². The normalized spacial score (nSPS) is 17.0. The molecule has 0 radical (unpaired) electrons. The summed E-state index contributed by atoms with van der Waals surface area (Å²) in [5.74, 6) is -17.4. The smallest absolute Gasteiger partial charge is 0.247 e. The Labute approximate surface area is 757 Å². The first-order valence-electron chi connectivity index (χ1n) is 44.8. The summed E-state index contributed by atoms with van der Waals surface area (Å²) in [7, 11) is 1.26. The molecule has 34 N–H and O–H groups in total. The van der Waals surface area contributed by atoms with Gasteiger partial charge in [-0.25, -0.2) is 4.98 Å². The van der Waals surface area contributed by atoms with Gasteiger partial charge in [0.15, 0.2) is 17.9 Å². The molecule has 0 saturated heterocycles. The van der Waals surface area contributed by atoms with Gasteiger partial charge in [0.25, 0.3) is 0 Å². The number of aromatic amines is 1. The summed E-state index contributed by atoms with van der Waals surface area (Å²) >= 11 is 0. The maximum absolute atomic E-state index is 15.3. The van der Waals surface area contributed by atoms with Crippen molar-refractivity contribution in [3.8, 4) is 0 Å². The topological polar surface area (TPSA) is 790 Å². The number of carbonyl (C=O) groups is 17. The SMILES string of the molecule is CC(=O)N[C@@H](CO)C(=O)N(C)[C@H](C)C(=O)N[C@@H](CCCN=C(N)N)C(=O)N[C@@H](Cc1cnc[nH]1)C(=O)NC(CC1CCCCC1)C(=O)NC(CC1CCCCC1)C(=O)N[C@@H](CC(N)=O)C(=O)N[C@@H](CC(C)C)C(=O)NC(C)(C)C(=O)N[C@H](C(=O)N[C@@H](CCCN=C(N)N)C(=O)N[C@@H](CCC(N)=O)C(=O)N[C@@H](CCCN=C(N)N)C(=O)NC(CC1CCCCC1)C(N)=O)[C@@H](C)O. The molecule has 47 heteroatoms. The van der Waals surface area contributed by atoms with Crippen LogP contribution in [-0.4, -0.2) is 267 Å². The fraction of sp³-hybridized carbons (Fsp3) is 0.723. The van der Waals surface area contributed by atoms with E-state index >= 15 is 14.4 Å². The fourth-order valence-corrected chi connectivity index (χ4v) is 15.7. The molecule has 0 aromatic carbocycles. The molecule has 3 aliphatic rings. The van der Waals surface area contributed by atoms with E-state index in [9.17, 15) is 77.3 Å². The summed E-state index contributed by atoms with van der Waals surface area (Å²) < 4.78 is 0. The third-order valence-electron chi connectivity index (χ3n) is 23.1. The Kier molecular flexibility index (Phi) is 47.8. The summed E-state index contributed by atoms with van der Waals surface area (Å²) in [6.07, 6.45) is 10.8. The van der Waals surface area contributed by atoms with Crippen molar-refractivity contribution >= 4 is 118 Å². The summed E-state index contributed by atoms with van der Waals surface area (Å²) in [4.78, 5) is 259. The lowest BCUT2D eigenvalue weighted by Gasteiger charge is -2.32. The minimum absolute atomic E-state index is 0.00214. The van der Waals surface area contributed by atoms with Gasteiger partial charge in [-0.05, 0) is 122 Å². The zero-order valence-electron chi connectivity index (χ0n) is 76.1. The molecule has 47 nitrogen and oxygen atoms in total. The number of aliphatic hydroxyl groups is 2. The molecule has 1 aromatic rings. The number of H-pyrrole nitrogens is 1. The monoisotopic (exact) mass is 1840 g/mol. The van der Waals surface area contributed by atoms with Crippen LogP contribution in [-0.2, 0) is 87.9 Å². The molecule has 3 saturated carbocycles. The van der Waals surface area contributed by atoms with Crippen molar-refractivity contribution < 1.29 is 91.7 Å². The number of rotatable bonds is 57. The summed E-state index contributed by atoms with van der Waals surface area (Å²) in [5, 5.41) is 54.8. The highest BCUT2D eigenvalue weighted by molar-refractivity contribution is 6.02. The number of aliphatic imine (C=N–C) groups is 3. The predicted molar refractivity (Wildman–Crippen MR) is 479 cm³/mol. The zero-order chi connectivity index (χ0) is 97.1. The number of aromatic nitrogens is 2. The number of nitrogens with two attached hydrogens (primary N) is 9. The van der Waals surface area contributed by atoms with Gasteiger partial charge in [0.1, 0.15) is 84.1 Å². The van der Waals surface area contributed by atoms with E-state index in [1.807, 2.05) is 0 Å². The maximum atomic E-state index is 15.3. The number of hydrogen-bond donors (Lipinski definition) is 25. The van der Waals surface area contributed by atoms with Gasteiger partial charge < -0.3 is 141 Å². The minimum atomic E-state index is -2.04. The van der Waals surface area contributed by atoms with Gasteiger partial charge in [-0.2, -0.15) is 0 Å². The van der Waals surface area contributed by atoms with Crippen molar-refractivity contribution in [3.63, 3.8) is 0 Å². The van der Waals surface area contributed by atoms with Gasteiger partial charge in [-0.3, -0.25) is 96.5 Å². The highest BCUT2D eigenvalue weighted by atomic mass is 16.3. The first-order valence-corrected chi connectivity index (χ1v) is 44.8. The van der Waals surface area contributed by atoms with Crippen LogP contribution in [0.4, 0.5) is 0 Å². The largest absolute Gasteiger partial charge is 0.394 e. The average Bonchev–Trinajstić information content (AvgIpc) is 0.831. The minimum Gasteiger partial charge on any atom is -0.394 e. The highest BCUT2D eigenvalue weighted by Gasteiger charge is 2.42. The molecule has 3 aliphatic carbocycles. The van der Waals surface area contributed by atoms with Crippen LogP contribution in [0.2, 0.25) is 0 Å². The molecule has 0 bridgehead atoms. The zero-order valence-corrected chi connectivity index (χ0v) is 76.1. The molecule has 730 valence electrons. The van der Waals surface area contributed by atoms with Crippen molar-refractivity contribution in [2.24, 2.45) is 90.3 Å². The lowest BCUT2D eigenvalue weighted by Crippen LogP contribution is -2.65. The second-order valence-electron chi connectivity index (χ2n) is 35.0. The number of aliphatic hydroxyl groups excluding tert-OH is 2. The number of nitrogens with zero attached hydrogens (tertiary/aromatic N) is 5. The van der Waals surface area contributed by atoms with Crippen molar-refractivity contribution in [1.29, 1.82) is 0 Å². The van der Waals surface area contributed by atoms with E-state index in [4.69, 9.17) is 51.6 Å². The van der Waals surface area contributed by atoms with Gasteiger partial charge in [-0.15, -0.1) is 0 Å². The number of carbonyl (C=O) groups excluding carboxylic acids is 17. The third kappa shape index (κ3) is 40.7. The number of amides is 17. The number of imidazole rings is 1. The fourth-order valence-electron chi connectivity index (χ4n) is 15.7. The number of primary amides is 3. The van der Waals surface area contributed by atoms with E-state index in [0.717, 1.165) is 89.4 Å². The molecular weight excluding hydrogens is 1690 g/mol. The van der Waals surface area contributed by atoms with Gasteiger partial charge in [0.05, 0.1) is 25.5 Å². The Bertz CT molecular complexity index is 4020. The van der Waals surface area contributed by atoms with Crippen LogP contribution in [0.25, 0.3) is 0 Å². The summed E-state index contributed by atoms with van der Waals surface area (Å²) in [6.45, 7) is 8.55. The second kappa shape index (κ2) is 56.4. The number of hydrogen-bond acceptors (Lipinski definition) is 23. The summed E-state index contributed by atoms with van der Waals surface area (Å²) in [5.41, 5.74) is 48.7. The average molecular weight is 1840 g/mol. The maximum Gasteiger partial charge on any atom is 0.247 e.